The third kappa shape index (κ3) is 6.06. The Morgan fingerprint density at radius 2 is 1.53 bits per heavy atom. The Morgan fingerprint density at radius 1 is 1.06 bits per heavy atom. The molecule has 0 unspecified atom stereocenters. The highest BCUT2D eigenvalue weighted by Crippen LogP contribution is 2.10. The van der Waals surface area contributed by atoms with Crippen LogP contribution in [0.2, 0.25) is 0 Å². The Labute approximate surface area is 107 Å². The van der Waals surface area contributed by atoms with Gasteiger partial charge in [-0.25, -0.2) is 0 Å². The zero-order chi connectivity index (χ0) is 13.3. The molecule has 0 saturated heterocycles. The van der Waals surface area contributed by atoms with Gasteiger partial charge in [0, 0.05) is 13.1 Å². The fraction of sp³-hybridized carbons (Fsp3) is 0.929. The number of hydrogen-bond acceptors (Lipinski definition) is 2. The van der Waals surface area contributed by atoms with Crippen molar-refractivity contribution in [2.24, 2.45) is 0 Å². The van der Waals surface area contributed by atoms with Crippen LogP contribution in [0.5, 0.6) is 0 Å². The highest BCUT2D eigenvalue weighted by atomic mass is 16.2. The third-order valence-corrected chi connectivity index (χ3v) is 3.00. The van der Waals surface area contributed by atoms with Crippen molar-refractivity contribution in [2.75, 3.05) is 19.6 Å². The summed E-state index contributed by atoms with van der Waals surface area (Å²) in [5, 5.41) is 3.26. The lowest BCUT2D eigenvalue weighted by Crippen LogP contribution is -2.54. The number of nitrogens with one attached hydrogen (secondary N) is 1. The number of carbonyl (C=O) groups is 1. The van der Waals surface area contributed by atoms with Gasteiger partial charge in [0.1, 0.15) is 0 Å². The van der Waals surface area contributed by atoms with Crippen LogP contribution in [0.3, 0.4) is 0 Å². The number of hydrogen-bond donors (Lipinski definition) is 1. The van der Waals surface area contributed by atoms with Gasteiger partial charge in [0.05, 0.1) is 5.54 Å². The molecule has 0 radical (unpaired) electrons. The van der Waals surface area contributed by atoms with Crippen LogP contribution in [0.4, 0.5) is 0 Å². The van der Waals surface area contributed by atoms with Crippen molar-refractivity contribution in [3.8, 4) is 0 Å². The lowest BCUT2D eigenvalue weighted by molar-refractivity contribution is -0.137. The topological polar surface area (TPSA) is 32.3 Å². The summed E-state index contributed by atoms with van der Waals surface area (Å²) in [6, 6.07) is 0. The lowest BCUT2D eigenvalue weighted by atomic mass is 10.0. The second kappa shape index (κ2) is 8.51. The predicted octanol–water partition coefficient (Wildman–Crippen LogP) is 2.80. The summed E-state index contributed by atoms with van der Waals surface area (Å²) in [7, 11) is 0. The van der Waals surface area contributed by atoms with Gasteiger partial charge in [0.25, 0.3) is 0 Å². The average molecular weight is 242 g/mol. The number of unbranched alkanes of at least 4 members (excludes halogenated alkanes) is 2. The minimum Gasteiger partial charge on any atom is -0.341 e. The minimum absolute atomic E-state index is 0.237. The van der Waals surface area contributed by atoms with Crippen LogP contribution in [-0.4, -0.2) is 36.0 Å². The summed E-state index contributed by atoms with van der Waals surface area (Å²) in [5.74, 6) is 0.237. The second-order valence-electron chi connectivity index (χ2n) is 5.15. The van der Waals surface area contributed by atoms with E-state index in [9.17, 15) is 4.79 Å². The molecular weight excluding hydrogens is 212 g/mol. The van der Waals surface area contributed by atoms with Gasteiger partial charge in [0.15, 0.2) is 0 Å². The number of likely N-dealkylation sites (N-methyl/N-ethyl adjacent to an activating group) is 1. The molecule has 0 aromatic rings. The first-order valence-electron chi connectivity index (χ1n) is 7.04. The van der Waals surface area contributed by atoms with Gasteiger partial charge < -0.3 is 10.2 Å². The molecular formula is C14H30N2O. The van der Waals surface area contributed by atoms with E-state index in [-0.39, 0.29) is 5.91 Å². The smallest absolute Gasteiger partial charge is 0.242 e. The van der Waals surface area contributed by atoms with Crippen LogP contribution in [-0.2, 0) is 4.79 Å². The number of nitrogens with zero attached hydrogens (tertiary/aromatic N) is 1. The fourth-order valence-electron chi connectivity index (χ4n) is 1.93. The van der Waals surface area contributed by atoms with Crippen molar-refractivity contribution in [2.45, 2.75) is 65.8 Å². The normalized spacial score (nSPS) is 11.6. The van der Waals surface area contributed by atoms with E-state index in [4.69, 9.17) is 0 Å². The highest BCUT2D eigenvalue weighted by Gasteiger charge is 2.30. The maximum absolute atomic E-state index is 12.4. The van der Waals surface area contributed by atoms with Crippen molar-refractivity contribution in [1.82, 2.24) is 10.2 Å². The standard InChI is InChI=1S/C14H30N2O/c1-6-9-11-16(12-10-7-2)13(17)14(4,5)15-8-3/h15H,6-12H2,1-5H3. The molecule has 0 aliphatic carbocycles. The van der Waals surface area contributed by atoms with Gasteiger partial charge >= 0.3 is 0 Å². The SMILES string of the molecule is CCCCN(CCCC)C(=O)C(C)(C)NCC. The molecule has 0 fully saturated rings. The Balaban J connectivity index is 4.48. The van der Waals surface area contributed by atoms with E-state index >= 15 is 0 Å². The van der Waals surface area contributed by atoms with Gasteiger partial charge in [-0.1, -0.05) is 33.6 Å². The number of rotatable bonds is 9. The highest BCUT2D eigenvalue weighted by molar-refractivity contribution is 5.85. The maximum atomic E-state index is 12.4. The van der Waals surface area contributed by atoms with Crippen LogP contribution >= 0.6 is 0 Å². The molecule has 1 amide bonds. The van der Waals surface area contributed by atoms with E-state index in [0.717, 1.165) is 45.3 Å². The molecule has 102 valence electrons. The molecule has 1 N–H and O–H groups in total. The number of amides is 1. The molecule has 3 nitrogen and oxygen atoms in total. The minimum atomic E-state index is -0.434. The molecule has 0 spiro atoms. The molecule has 0 rings (SSSR count). The first-order chi connectivity index (χ1) is 7.99. The first kappa shape index (κ1) is 16.4. The monoisotopic (exact) mass is 242 g/mol. The summed E-state index contributed by atoms with van der Waals surface area (Å²) >= 11 is 0. The maximum Gasteiger partial charge on any atom is 0.242 e. The second-order valence-corrected chi connectivity index (χ2v) is 5.15. The largest absolute Gasteiger partial charge is 0.341 e. The van der Waals surface area contributed by atoms with Gasteiger partial charge in [-0.3, -0.25) is 4.79 Å². The molecule has 0 bridgehead atoms. The average Bonchev–Trinajstić information content (AvgIpc) is 2.28. The van der Waals surface area contributed by atoms with E-state index in [0.29, 0.717) is 0 Å². The van der Waals surface area contributed by atoms with Crippen LogP contribution in [0.1, 0.15) is 60.3 Å². The van der Waals surface area contributed by atoms with E-state index in [2.05, 4.69) is 19.2 Å². The number of carbonyl (C=O) groups excluding carboxylic acids is 1. The fourth-order valence-corrected chi connectivity index (χ4v) is 1.93. The van der Waals surface area contributed by atoms with Crippen molar-refractivity contribution in [3.05, 3.63) is 0 Å². The summed E-state index contributed by atoms with van der Waals surface area (Å²) in [4.78, 5) is 14.5. The molecule has 17 heavy (non-hydrogen) atoms. The first-order valence-corrected chi connectivity index (χ1v) is 7.04. The van der Waals surface area contributed by atoms with Crippen molar-refractivity contribution in [3.63, 3.8) is 0 Å². The molecule has 0 heterocycles. The van der Waals surface area contributed by atoms with Crippen LogP contribution < -0.4 is 5.32 Å². The molecule has 0 aliphatic heterocycles. The Morgan fingerprint density at radius 3 is 1.88 bits per heavy atom. The van der Waals surface area contributed by atoms with Crippen LogP contribution in [0.15, 0.2) is 0 Å². The van der Waals surface area contributed by atoms with Crippen molar-refractivity contribution in [1.29, 1.82) is 0 Å². The summed E-state index contributed by atoms with van der Waals surface area (Å²) in [6.45, 7) is 12.9. The van der Waals surface area contributed by atoms with Crippen molar-refractivity contribution >= 4 is 5.91 Å². The Hall–Kier alpha value is -0.570. The lowest BCUT2D eigenvalue weighted by Gasteiger charge is -2.32. The summed E-state index contributed by atoms with van der Waals surface area (Å²) in [6.07, 6.45) is 4.46. The predicted molar refractivity (Wildman–Crippen MR) is 74.2 cm³/mol. The Kier molecular flexibility index (Phi) is 8.23. The zero-order valence-corrected chi connectivity index (χ0v) is 12.3. The van der Waals surface area contributed by atoms with Gasteiger partial charge in [-0.15, -0.1) is 0 Å². The van der Waals surface area contributed by atoms with Crippen LogP contribution in [0, 0.1) is 0 Å². The Bertz CT molecular complexity index is 206. The molecule has 0 saturated carbocycles. The molecule has 0 aliphatic rings. The van der Waals surface area contributed by atoms with E-state index in [1.807, 2.05) is 25.7 Å². The van der Waals surface area contributed by atoms with Gasteiger partial charge in [0.2, 0.25) is 5.91 Å². The van der Waals surface area contributed by atoms with E-state index < -0.39 is 5.54 Å². The third-order valence-electron chi connectivity index (χ3n) is 3.00. The van der Waals surface area contributed by atoms with Crippen LogP contribution in [0.25, 0.3) is 0 Å². The van der Waals surface area contributed by atoms with E-state index in [1.54, 1.807) is 0 Å². The quantitative estimate of drug-likeness (QED) is 0.674. The molecule has 0 aromatic carbocycles. The molecule has 0 atom stereocenters. The van der Waals surface area contributed by atoms with Gasteiger partial charge in [-0.05, 0) is 33.2 Å². The van der Waals surface area contributed by atoms with E-state index in [1.165, 1.54) is 0 Å². The van der Waals surface area contributed by atoms with Gasteiger partial charge in [-0.2, -0.15) is 0 Å². The summed E-state index contributed by atoms with van der Waals surface area (Å²) in [5.41, 5.74) is -0.434. The zero-order valence-electron chi connectivity index (χ0n) is 12.3. The molecule has 0 aromatic heterocycles. The molecule has 3 heteroatoms. The van der Waals surface area contributed by atoms with Crippen molar-refractivity contribution < 1.29 is 4.79 Å². The summed E-state index contributed by atoms with van der Waals surface area (Å²) < 4.78 is 0.